The number of esters is 2. The van der Waals surface area contributed by atoms with E-state index >= 15 is 0 Å². The second-order valence-corrected chi connectivity index (χ2v) is 8.43. The van der Waals surface area contributed by atoms with Gasteiger partial charge in [0, 0.05) is 6.42 Å². The maximum absolute atomic E-state index is 12.2. The molecular weight excluding hydrogens is 482 g/mol. The molecule has 7 heteroatoms. The largest absolute Gasteiger partial charge is 0.496 e. The van der Waals surface area contributed by atoms with Gasteiger partial charge in [-0.25, -0.2) is 9.59 Å². The van der Waals surface area contributed by atoms with Crippen molar-refractivity contribution in [2.45, 2.75) is 6.42 Å². The number of ether oxygens (including phenoxy) is 4. The Hall–Kier alpha value is -4.78. The Morgan fingerprint density at radius 2 is 1.18 bits per heavy atom. The maximum atomic E-state index is 12.2. The van der Waals surface area contributed by atoms with E-state index < -0.39 is 5.97 Å². The minimum Gasteiger partial charge on any atom is -0.496 e. The number of rotatable bonds is 9. The number of nitrogens with one attached hydrogen (secondary N) is 1. The molecule has 0 spiro atoms. The number of methoxy groups -OCH3 is 4. The van der Waals surface area contributed by atoms with Gasteiger partial charge in [0.2, 0.25) is 0 Å². The van der Waals surface area contributed by atoms with Gasteiger partial charge in [0.15, 0.2) is 0 Å². The Bertz CT molecular complexity index is 1350. The van der Waals surface area contributed by atoms with E-state index in [4.69, 9.17) is 18.9 Å². The fourth-order valence-electron chi connectivity index (χ4n) is 4.26. The first-order chi connectivity index (χ1) is 18.5. The average molecular weight is 512 g/mol. The van der Waals surface area contributed by atoms with Gasteiger partial charge in [-0.15, -0.1) is 0 Å². The zero-order valence-electron chi connectivity index (χ0n) is 21.7. The third-order valence-corrected chi connectivity index (χ3v) is 6.23. The van der Waals surface area contributed by atoms with Gasteiger partial charge in [0.05, 0.1) is 50.9 Å². The summed E-state index contributed by atoms with van der Waals surface area (Å²) >= 11 is 0. The number of benzene rings is 4. The first-order valence-corrected chi connectivity index (χ1v) is 11.9. The van der Waals surface area contributed by atoms with Crippen molar-refractivity contribution in [3.63, 3.8) is 0 Å². The monoisotopic (exact) mass is 511 g/mol. The Morgan fingerprint density at radius 1 is 0.605 bits per heavy atom. The summed E-state index contributed by atoms with van der Waals surface area (Å²) in [7, 11) is 5.95. The lowest BCUT2D eigenvalue weighted by Crippen LogP contribution is -2.06. The lowest BCUT2D eigenvalue weighted by atomic mass is 9.96. The van der Waals surface area contributed by atoms with Crippen molar-refractivity contribution >= 4 is 23.3 Å². The highest BCUT2D eigenvalue weighted by molar-refractivity contribution is 5.96. The highest BCUT2D eigenvalue weighted by Gasteiger charge is 2.16. The van der Waals surface area contributed by atoms with Gasteiger partial charge in [-0.2, -0.15) is 0 Å². The molecule has 38 heavy (non-hydrogen) atoms. The topological polar surface area (TPSA) is 83.1 Å². The molecule has 4 rings (SSSR count). The van der Waals surface area contributed by atoms with Crippen molar-refractivity contribution < 1.29 is 28.5 Å². The van der Waals surface area contributed by atoms with Crippen LogP contribution in [0.5, 0.6) is 11.5 Å². The fourth-order valence-corrected chi connectivity index (χ4v) is 4.26. The Labute approximate surface area is 221 Å². The predicted molar refractivity (Wildman–Crippen MR) is 147 cm³/mol. The van der Waals surface area contributed by atoms with E-state index in [0.29, 0.717) is 40.4 Å². The van der Waals surface area contributed by atoms with E-state index in [9.17, 15) is 9.59 Å². The van der Waals surface area contributed by atoms with Gasteiger partial charge in [-0.1, -0.05) is 48.5 Å². The summed E-state index contributed by atoms with van der Waals surface area (Å²) in [4.78, 5) is 24.4. The normalized spacial score (nSPS) is 10.4. The molecular formula is C31H29NO6. The average Bonchev–Trinajstić information content (AvgIpc) is 2.97. The quantitative estimate of drug-likeness (QED) is 0.265. The fraction of sp³-hybridized carbons (Fsp3) is 0.161. The Balaban J connectivity index is 1.63. The molecule has 0 unspecified atom stereocenters. The SMILES string of the molecule is COC(=O)c1ccccc1Cc1ccc(-c2ccc(Nc3ccccc3C(=O)OC)c(OC)c2)cc1OC. The molecule has 4 aromatic carbocycles. The lowest BCUT2D eigenvalue weighted by molar-refractivity contribution is 0.0591. The summed E-state index contributed by atoms with van der Waals surface area (Å²) in [5.41, 5.74) is 5.93. The van der Waals surface area contributed by atoms with Gasteiger partial charge in [0.1, 0.15) is 11.5 Å². The summed E-state index contributed by atoms with van der Waals surface area (Å²) in [5, 5.41) is 3.28. The van der Waals surface area contributed by atoms with Crippen LogP contribution in [-0.2, 0) is 15.9 Å². The van der Waals surface area contributed by atoms with E-state index in [1.54, 1.807) is 32.4 Å². The van der Waals surface area contributed by atoms with Crippen LogP contribution < -0.4 is 14.8 Å². The van der Waals surface area contributed by atoms with Crippen LogP contribution in [0.3, 0.4) is 0 Å². The van der Waals surface area contributed by atoms with Crippen LogP contribution >= 0.6 is 0 Å². The van der Waals surface area contributed by atoms with Crippen molar-refractivity contribution in [3.05, 3.63) is 107 Å². The van der Waals surface area contributed by atoms with Gasteiger partial charge >= 0.3 is 11.9 Å². The van der Waals surface area contributed by atoms with Crippen molar-refractivity contribution in [3.8, 4) is 22.6 Å². The number of carbonyl (C=O) groups is 2. The smallest absolute Gasteiger partial charge is 0.339 e. The van der Waals surface area contributed by atoms with E-state index in [1.165, 1.54) is 14.2 Å². The number of carbonyl (C=O) groups excluding carboxylic acids is 2. The van der Waals surface area contributed by atoms with Crippen LogP contribution in [0.4, 0.5) is 11.4 Å². The van der Waals surface area contributed by atoms with Gasteiger partial charge in [-0.05, 0) is 58.7 Å². The first-order valence-electron chi connectivity index (χ1n) is 11.9. The second kappa shape index (κ2) is 12.0. The minimum absolute atomic E-state index is 0.369. The van der Waals surface area contributed by atoms with Crippen molar-refractivity contribution in [2.24, 2.45) is 0 Å². The number of hydrogen-bond acceptors (Lipinski definition) is 7. The number of hydrogen-bond donors (Lipinski definition) is 1. The predicted octanol–water partition coefficient (Wildman–Crippen LogP) is 6.28. The van der Waals surface area contributed by atoms with Crippen molar-refractivity contribution in [1.82, 2.24) is 0 Å². The van der Waals surface area contributed by atoms with Crippen molar-refractivity contribution in [2.75, 3.05) is 33.8 Å². The van der Waals surface area contributed by atoms with E-state index in [2.05, 4.69) is 5.32 Å². The molecule has 0 aliphatic carbocycles. The van der Waals surface area contributed by atoms with Crippen LogP contribution in [0.25, 0.3) is 11.1 Å². The second-order valence-electron chi connectivity index (χ2n) is 8.43. The zero-order chi connectivity index (χ0) is 27.1. The number of anilines is 2. The molecule has 0 atom stereocenters. The molecule has 7 nitrogen and oxygen atoms in total. The lowest BCUT2D eigenvalue weighted by Gasteiger charge is -2.16. The van der Waals surface area contributed by atoms with E-state index in [1.807, 2.05) is 66.7 Å². The summed E-state index contributed by atoms with van der Waals surface area (Å²) in [6, 6.07) is 26.3. The molecule has 0 heterocycles. The molecule has 0 saturated heterocycles. The van der Waals surface area contributed by atoms with Gasteiger partial charge in [-0.3, -0.25) is 0 Å². The molecule has 4 aromatic rings. The summed E-state index contributed by atoms with van der Waals surface area (Å²) in [6.07, 6.45) is 0.514. The third kappa shape index (κ3) is 5.62. The molecule has 1 N–H and O–H groups in total. The third-order valence-electron chi connectivity index (χ3n) is 6.23. The van der Waals surface area contributed by atoms with E-state index in [0.717, 1.165) is 22.3 Å². The van der Waals surface area contributed by atoms with Crippen LogP contribution in [0, 0.1) is 0 Å². The van der Waals surface area contributed by atoms with Crippen LogP contribution in [0.15, 0.2) is 84.9 Å². The summed E-state index contributed by atoms with van der Waals surface area (Å²) in [6.45, 7) is 0. The molecule has 0 aromatic heterocycles. The zero-order valence-corrected chi connectivity index (χ0v) is 21.7. The number of para-hydroxylation sites is 1. The Morgan fingerprint density at radius 3 is 1.87 bits per heavy atom. The standard InChI is InChI=1S/C31H29NO6/c1-35-28-18-20(13-14-23(28)17-22-9-5-6-10-24(22)30(33)37-3)21-15-16-27(29(19-21)36-2)32-26-12-8-7-11-25(26)31(34)38-4/h5-16,18-19,32H,17H2,1-4H3. The molecule has 0 amide bonds. The summed E-state index contributed by atoms with van der Waals surface area (Å²) < 4.78 is 21.2. The Kier molecular flexibility index (Phi) is 8.28. The molecule has 0 bridgehead atoms. The van der Waals surface area contributed by atoms with Gasteiger partial charge in [0.25, 0.3) is 0 Å². The minimum atomic E-state index is -0.426. The highest BCUT2D eigenvalue weighted by Crippen LogP contribution is 2.36. The summed E-state index contributed by atoms with van der Waals surface area (Å²) in [5.74, 6) is 0.517. The van der Waals surface area contributed by atoms with Crippen LogP contribution in [-0.4, -0.2) is 40.4 Å². The molecule has 0 saturated carbocycles. The van der Waals surface area contributed by atoms with Crippen molar-refractivity contribution in [1.29, 1.82) is 0 Å². The van der Waals surface area contributed by atoms with E-state index in [-0.39, 0.29) is 5.97 Å². The first kappa shape index (κ1) is 26.3. The maximum Gasteiger partial charge on any atom is 0.339 e. The molecule has 194 valence electrons. The van der Waals surface area contributed by atoms with Gasteiger partial charge < -0.3 is 24.3 Å². The molecule has 0 radical (unpaired) electrons. The molecule has 0 aliphatic rings. The molecule has 0 fully saturated rings. The highest BCUT2D eigenvalue weighted by atomic mass is 16.5. The van der Waals surface area contributed by atoms with Crippen LogP contribution in [0.2, 0.25) is 0 Å². The molecule has 0 aliphatic heterocycles. The van der Waals surface area contributed by atoms with Crippen LogP contribution in [0.1, 0.15) is 31.8 Å².